The molecule has 7 rings (SSSR count). The van der Waals surface area contributed by atoms with Crippen LogP contribution in [0.1, 0.15) is 65.3 Å². The molecule has 0 amide bonds. The summed E-state index contributed by atoms with van der Waals surface area (Å²) in [6.07, 6.45) is 1.46. The molecule has 3 aromatic rings. The summed E-state index contributed by atoms with van der Waals surface area (Å²) in [6.45, 7) is 1.71. The number of hydrogen-bond donors (Lipinski definition) is 5. The van der Waals surface area contributed by atoms with E-state index in [-0.39, 0.29) is 45.6 Å². The van der Waals surface area contributed by atoms with Crippen LogP contribution in [0.4, 0.5) is 0 Å². The van der Waals surface area contributed by atoms with Crippen LogP contribution in [0, 0.1) is 12.3 Å². The number of allylic oxidation sites excluding steroid dienone is 3. The third-order valence-corrected chi connectivity index (χ3v) is 8.66. The van der Waals surface area contributed by atoms with Gasteiger partial charge in [-0.05, 0) is 71.3 Å². The molecule has 3 aliphatic carbocycles. The van der Waals surface area contributed by atoms with Crippen molar-refractivity contribution in [2.75, 3.05) is 0 Å². The number of ketones is 2. The third kappa shape index (κ3) is 2.83. The fourth-order valence-electron chi connectivity index (χ4n) is 7.11. The van der Waals surface area contributed by atoms with Gasteiger partial charge in [0.1, 0.15) is 35.0 Å². The van der Waals surface area contributed by atoms with Crippen molar-refractivity contribution >= 4 is 28.3 Å². The van der Waals surface area contributed by atoms with E-state index in [9.17, 15) is 39.9 Å². The van der Waals surface area contributed by atoms with E-state index in [1.807, 2.05) is 0 Å². The quantitative estimate of drug-likeness (QED) is 0.219. The lowest BCUT2D eigenvalue weighted by atomic mass is 9.62. The minimum atomic E-state index is -1.40. The van der Waals surface area contributed by atoms with Crippen molar-refractivity contribution in [3.8, 4) is 17.2 Å². The van der Waals surface area contributed by atoms with Crippen LogP contribution >= 0.6 is 0 Å². The van der Waals surface area contributed by atoms with Crippen molar-refractivity contribution in [2.24, 2.45) is 5.41 Å². The summed E-state index contributed by atoms with van der Waals surface area (Å²) in [6, 6.07) is 5.86. The van der Waals surface area contributed by atoms with E-state index in [4.69, 9.17) is 4.74 Å². The van der Waals surface area contributed by atoms with Crippen LogP contribution in [0.15, 0.2) is 48.6 Å². The highest BCUT2D eigenvalue weighted by molar-refractivity contribution is 6.26. The highest BCUT2D eigenvalue weighted by atomic mass is 16.6. The first-order valence-electron chi connectivity index (χ1n) is 12.4. The molecule has 9 nitrogen and oxygen atoms in total. The number of phenolic OH excluding ortho intramolecular Hbond substituents is 3. The molecule has 0 saturated carbocycles. The molecule has 5 N–H and O–H groups in total. The van der Waals surface area contributed by atoms with Crippen molar-refractivity contribution in [1.29, 1.82) is 0 Å². The Morgan fingerprint density at radius 1 is 0.897 bits per heavy atom. The number of aliphatic hydroxyl groups is 2. The van der Waals surface area contributed by atoms with E-state index in [0.717, 1.165) is 12.2 Å². The number of aromatic hydroxyl groups is 3. The predicted octanol–water partition coefficient (Wildman–Crippen LogP) is 3.03. The molecule has 0 saturated heterocycles. The minimum absolute atomic E-state index is 0.0173. The standard InChI is InChI=1S/C30H22O9/c1-11-6-15-25(20(34)7-11)29(38)39-28-19(33)3-2-16-22-12(10-30(16,28)27(15)37)8-21(35)24-14(22)9-13-17(31)4-5-18(32)23(13)26(24)36/h2-9,16,19,27-28,33-37H,10H2,1H3. The van der Waals surface area contributed by atoms with E-state index in [2.05, 4.69) is 0 Å². The second-order valence-electron chi connectivity index (χ2n) is 10.7. The van der Waals surface area contributed by atoms with Crippen LogP contribution in [0.5, 0.6) is 17.2 Å². The number of carbonyl (C=O) groups is 3. The summed E-state index contributed by atoms with van der Waals surface area (Å²) in [5.74, 6) is -3.85. The number of fused-ring (bicyclic) bond motifs is 6. The summed E-state index contributed by atoms with van der Waals surface area (Å²) >= 11 is 0. The normalized spacial score (nSPS) is 28.3. The molecule has 1 spiro atoms. The van der Waals surface area contributed by atoms with Crippen LogP contribution in [0.3, 0.4) is 0 Å². The number of rotatable bonds is 0. The second kappa shape index (κ2) is 7.56. The molecule has 0 fully saturated rings. The van der Waals surface area contributed by atoms with Gasteiger partial charge in [-0.25, -0.2) is 4.79 Å². The molecule has 39 heavy (non-hydrogen) atoms. The van der Waals surface area contributed by atoms with Crippen LogP contribution in [0.25, 0.3) is 10.8 Å². The Balaban J connectivity index is 1.54. The maximum Gasteiger partial charge on any atom is 0.342 e. The summed E-state index contributed by atoms with van der Waals surface area (Å²) in [4.78, 5) is 38.5. The Bertz CT molecular complexity index is 1760. The minimum Gasteiger partial charge on any atom is -0.507 e. The van der Waals surface area contributed by atoms with Crippen molar-refractivity contribution in [3.05, 3.63) is 87.5 Å². The zero-order chi connectivity index (χ0) is 27.5. The molecular formula is C30H22O9. The van der Waals surface area contributed by atoms with Crippen molar-refractivity contribution in [3.63, 3.8) is 0 Å². The molecule has 4 aliphatic rings. The topological polar surface area (TPSA) is 162 Å². The summed E-state index contributed by atoms with van der Waals surface area (Å²) in [5, 5.41) is 56.0. The Labute approximate surface area is 220 Å². The molecule has 0 aromatic heterocycles. The van der Waals surface area contributed by atoms with Gasteiger partial charge in [-0.3, -0.25) is 9.59 Å². The monoisotopic (exact) mass is 526 g/mol. The first-order valence-corrected chi connectivity index (χ1v) is 12.4. The fourth-order valence-corrected chi connectivity index (χ4v) is 7.11. The third-order valence-electron chi connectivity index (χ3n) is 8.66. The van der Waals surface area contributed by atoms with Gasteiger partial charge in [0, 0.05) is 11.5 Å². The number of esters is 1. The number of aliphatic hydroxyl groups excluding tert-OH is 2. The molecule has 1 aliphatic heterocycles. The Hall–Kier alpha value is -4.47. The Morgan fingerprint density at radius 3 is 2.41 bits per heavy atom. The summed E-state index contributed by atoms with van der Waals surface area (Å²) in [7, 11) is 0. The number of phenols is 3. The lowest BCUT2D eigenvalue weighted by Gasteiger charge is -2.46. The number of carbonyl (C=O) groups excluding carboxylic acids is 3. The lowest BCUT2D eigenvalue weighted by molar-refractivity contribution is -0.119. The number of benzene rings is 3. The van der Waals surface area contributed by atoms with E-state index < -0.39 is 52.9 Å². The fraction of sp³-hybridized carbons (Fsp3) is 0.233. The molecule has 3 aromatic carbocycles. The molecular weight excluding hydrogens is 504 g/mol. The molecule has 1 heterocycles. The zero-order valence-corrected chi connectivity index (χ0v) is 20.5. The Morgan fingerprint density at radius 2 is 1.64 bits per heavy atom. The van der Waals surface area contributed by atoms with Gasteiger partial charge in [0.25, 0.3) is 0 Å². The average molecular weight is 526 g/mol. The molecule has 5 atom stereocenters. The number of aryl methyl sites for hydroxylation is 1. The highest BCUT2D eigenvalue weighted by Gasteiger charge is 2.62. The SMILES string of the molecule is Cc1cc(O)c2c(c1)C(O)C13Cc4cc(O)c5c(O)c6c(cc5c4C1C=CC(O)C3OC2=O)C(=O)C=CC6=O. The number of ether oxygens (including phenoxy) is 1. The van der Waals surface area contributed by atoms with E-state index in [1.54, 1.807) is 19.1 Å². The molecule has 0 radical (unpaired) electrons. The zero-order valence-electron chi connectivity index (χ0n) is 20.5. The van der Waals surface area contributed by atoms with Gasteiger partial charge in [0.05, 0.1) is 22.5 Å². The molecule has 196 valence electrons. The first kappa shape index (κ1) is 23.6. The molecule has 5 unspecified atom stereocenters. The second-order valence-corrected chi connectivity index (χ2v) is 10.7. The van der Waals surface area contributed by atoms with E-state index >= 15 is 0 Å². The van der Waals surface area contributed by atoms with Crippen molar-refractivity contribution in [1.82, 2.24) is 0 Å². The smallest absolute Gasteiger partial charge is 0.342 e. The van der Waals surface area contributed by atoms with Crippen LogP contribution < -0.4 is 0 Å². The van der Waals surface area contributed by atoms with Gasteiger partial charge in [-0.2, -0.15) is 0 Å². The first-order chi connectivity index (χ1) is 18.5. The van der Waals surface area contributed by atoms with E-state index in [1.165, 1.54) is 24.3 Å². The maximum atomic E-state index is 13.2. The van der Waals surface area contributed by atoms with E-state index in [0.29, 0.717) is 22.1 Å². The summed E-state index contributed by atoms with van der Waals surface area (Å²) < 4.78 is 5.79. The van der Waals surface area contributed by atoms with Gasteiger partial charge >= 0.3 is 5.97 Å². The van der Waals surface area contributed by atoms with Gasteiger partial charge in [0.15, 0.2) is 11.6 Å². The van der Waals surface area contributed by atoms with Gasteiger partial charge in [-0.15, -0.1) is 0 Å². The Kier molecular flexibility index (Phi) is 4.58. The van der Waals surface area contributed by atoms with Crippen molar-refractivity contribution < 1.29 is 44.7 Å². The lowest BCUT2D eigenvalue weighted by Crippen LogP contribution is -2.52. The highest BCUT2D eigenvalue weighted by Crippen LogP contribution is 2.64. The van der Waals surface area contributed by atoms with Crippen LogP contribution in [-0.4, -0.2) is 55.3 Å². The summed E-state index contributed by atoms with van der Waals surface area (Å²) in [5.41, 5.74) is 0.0961. The van der Waals surface area contributed by atoms with Gasteiger partial charge < -0.3 is 30.3 Å². The predicted molar refractivity (Wildman–Crippen MR) is 136 cm³/mol. The van der Waals surface area contributed by atoms with Crippen LogP contribution in [0.2, 0.25) is 0 Å². The number of hydrogen-bond acceptors (Lipinski definition) is 9. The van der Waals surface area contributed by atoms with Crippen molar-refractivity contribution in [2.45, 2.75) is 37.6 Å². The van der Waals surface area contributed by atoms with Crippen LogP contribution in [-0.2, 0) is 11.2 Å². The molecule has 0 bridgehead atoms. The van der Waals surface area contributed by atoms with Gasteiger partial charge in [-0.1, -0.05) is 18.2 Å². The average Bonchev–Trinajstić information content (AvgIpc) is 3.17. The largest absolute Gasteiger partial charge is 0.507 e. The molecule has 9 heteroatoms. The maximum absolute atomic E-state index is 13.2. The van der Waals surface area contributed by atoms with Gasteiger partial charge in [0.2, 0.25) is 0 Å².